The standard InChI is InChI=1S/C15H22N2O3/c1-11-4-3-5-13(14(11)19)10-16-6-8-17(9-7-16)15(20)12(2)18/h3-5,12,18-19H,6-10H2,1-2H3. The van der Waals surface area contributed by atoms with Gasteiger partial charge in [0.25, 0.3) is 5.91 Å². The third-order valence-corrected chi connectivity index (χ3v) is 3.76. The molecule has 5 heteroatoms. The van der Waals surface area contributed by atoms with Gasteiger partial charge < -0.3 is 15.1 Å². The number of hydrogen-bond donors (Lipinski definition) is 2. The number of amides is 1. The number of piperazine rings is 1. The monoisotopic (exact) mass is 278 g/mol. The molecule has 1 fully saturated rings. The second-order valence-electron chi connectivity index (χ2n) is 5.36. The summed E-state index contributed by atoms with van der Waals surface area (Å²) < 4.78 is 0. The minimum Gasteiger partial charge on any atom is -0.507 e. The second-order valence-corrected chi connectivity index (χ2v) is 5.36. The Kier molecular flexibility index (Phi) is 4.62. The van der Waals surface area contributed by atoms with E-state index in [1.807, 2.05) is 25.1 Å². The summed E-state index contributed by atoms with van der Waals surface area (Å²) in [6.07, 6.45) is -0.928. The quantitative estimate of drug-likeness (QED) is 0.855. The molecule has 1 amide bonds. The van der Waals surface area contributed by atoms with Gasteiger partial charge in [0.05, 0.1) is 0 Å². The van der Waals surface area contributed by atoms with Crippen LogP contribution >= 0.6 is 0 Å². The van der Waals surface area contributed by atoms with Crippen LogP contribution in [0.15, 0.2) is 18.2 Å². The van der Waals surface area contributed by atoms with Crippen molar-refractivity contribution < 1.29 is 15.0 Å². The summed E-state index contributed by atoms with van der Waals surface area (Å²) in [5.74, 6) is 0.151. The lowest BCUT2D eigenvalue weighted by Gasteiger charge is -2.35. The Morgan fingerprint density at radius 2 is 1.95 bits per heavy atom. The van der Waals surface area contributed by atoms with Gasteiger partial charge in [0.1, 0.15) is 11.9 Å². The maximum Gasteiger partial charge on any atom is 0.251 e. The normalized spacial score (nSPS) is 18.1. The molecule has 1 heterocycles. The number of aromatic hydroxyl groups is 1. The van der Waals surface area contributed by atoms with Crippen molar-refractivity contribution in [1.29, 1.82) is 0 Å². The van der Waals surface area contributed by atoms with Crippen LogP contribution in [0, 0.1) is 6.92 Å². The topological polar surface area (TPSA) is 64.0 Å². The van der Waals surface area contributed by atoms with Gasteiger partial charge in [-0.2, -0.15) is 0 Å². The number of carbonyl (C=O) groups is 1. The van der Waals surface area contributed by atoms with E-state index in [2.05, 4.69) is 4.90 Å². The van der Waals surface area contributed by atoms with Gasteiger partial charge in [0.15, 0.2) is 0 Å². The maximum atomic E-state index is 11.7. The molecule has 5 nitrogen and oxygen atoms in total. The van der Waals surface area contributed by atoms with Crippen molar-refractivity contribution in [3.05, 3.63) is 29.3 Å². The van der Waals surface area contributed by atoms with Crippen molar-refractivity contribution >= 4 is 5.91 Å². The second kappa shape index (κ2) is 6.24. The maximum absolute atomic E-state index is 11.7. The number of rotatable bonds is 3. The lowest BCUT2D eigenvalue weighted by Crippen LogP contribution is -2.50. The molecule has 0 saturated carbocycles. The Labute approximate surface area is 119 Å². The molecule has 1 atom stereocenters. The molecule has 20 heavy (non-hydrogen) atoms. The minimum absolute atomic E-state index is 0.206. The Balaban J connectivity index is 1.92. The number of hydrogen-bond acceptors (Lipinski definition) is 4. The summed E-state index contributed by atoms with van der Waals surface area (Å²) >= 11 is 0. The van der Waals surface area contributed by atoms with Crippen molar-refractivity contribution in [3.8, 4) is 5.75 Å². The van der Waals surface area contributed by atoms with Crippen LogP contribution in [0.1, 0.15) is 18.1 Å². The molecule has 1 aromatic carbocycles. The molecule has 1 unspecified atom stereocenters. The summed E-state index contributed by atoms with van der Waals surface area (Å²) in [6, 6.07) is 5.76. The Hall–Kier alpha value is -1.59. The third kappa shape index (κ3) is 3.29. The summed E-state index contributed by atoms with van der Waals surface area (Å²) in [4.78, 5) is 15.6. The lowest BCUT2D eigenvalue weighted by molar-refractivity contribution is -0.141. The third-order valence-electron chi connectivity index (χ3n) is 3.76. The van der Waals surface area contributed by atoms with E-state index in [4.69, 9.17) is 0 Å². The average molecular weight is 278 g/mol. The SMILES string of the molecule is Cc1cccc(CN2CCN(C(=O)C(C)O)CC2)c1O. The van der Waals surface area contributed by atoms with Gasteiger partial charge in [-0.05, 0) is 19.4 Å². The molecule has 1 aliphatic heterocycles. The molecule has 0 spiro atoms. The lowest BCUT2D eigenvalue weighted by atomic mass is 10.1. The first-order valence-corrected chi connectivity index (χ1v) is 6.95. The van der Waals surface area contributed by atoms with E-state index in [0.29, 0.717) is 25.4 Å². The molecule has 0 bridgehead atoms. The zero-order valence-electron chi connectivity index (χ0n) is 12.0. The first-order valence-electron chi connectivity index (χ1n) is 6.95. The average Bonchev–Trinajstić information content (AvgIpc) is 2.44. The first-order chi connectivity index (χ1) is 9.49. The van der Waals surface area contributed by atoms with E-state index >= 15 is 0 Å². The molecular formula is C15H22N2O3. The highest BCUT2D eigenvalue weighted by Gasteiger charge is 2.24. The summed E-state index contributed by atoms with van der Waals surface area (Å²) in [5.41, 5.74) is 1.80. The fourth-order valence-corrected chi connectivity index (χ4v) is 2.48. The van der Waals surface area contributed by atoms with Crippen molar-refractivity contribution in [2.24, 2.45) is 0 Å². The van der Waals surface area contributed by atoms with Crippen LogP contribution in [-0.2, 0) is 11.3 Å². The van der Waals surface area contributed by atoms with Crippen molar-refractivity contribution in [1.82, 2.24) is 9.80 Å². The smallest absolute Gasteiger partial charge is 0.251 e. The van der Waals surface area contributed by atoms with Gasteiger partial charge in [-0.1, -0.05) is 18.2 Å². The van der Waals surface area contributed by atoms with Gasteiger partial charge in [-0.3, -0.25) is 9.69 Å². The van der Waals surface area contributed by atoms with Gasteiger partial charge >= 0.3 is 0 Å². The highest BCUT2D eigenvalue weighted by molar-refractivity contribution is 5.80. The van der Waals surface area contributed by atoms with Crippen LogP contribution in [0.4, 0.5) is 0 Å². The predicted octanol–water partition coefficient (Wildman–Crippen LogP) is 0.726. The molecule has 110 valence electrons. The number of phenols is 1. The van der Waals surface area contributed by atoms with Crippen LogP contribution in [0.5, 0.6) is 5.75 Å². The molecular weight excluding hydrogens is 256 g/mol. The van der Waals surface area contributed by atoms with Crippen LogP contribution in [0.3, 0.4) is 0 Å². The van der Waals surface area contributed by atoms with Crippen molar-refractivity contribution in [2.45, 2.75) is 26.5 Å². The summed E-state index contributed by atoms with van der Waals surface area (Å²) in [6.45, 7) is 6.83. The molecule has 2 N–H and O–H groups in total. The summed E-state index contributed by atoms with van der Waals surface area (Å²) in [5, 5.41) is 19.3. The number of nitrogens with zero attached hydrogens (tertiary/aromatic N) is 2. The Morgan fingerprint density at radius 3 is 2.55 bits per heavy atom. The zero-order valence-corrected chi connectivity index (χ0v) is 12.0. The van der Waals surface area contributed by atoms with Gasteiger partial charge in [0, 0.05) is 38.3 Å². The van der Waals surface area contributed by atoms with Crippen LogP contribution in [0.25, 0.3) is 0 Å². The zero-order chi connectivity index (χ0) is 14.7. The van der Waals surface area contributed by atoms with E-state index < -0.39 is 6.10 Å². The fraction of sp³-hybridized carbons (Fsp3) is 0.533. The molecule has 2 rings (SSSR count). The molecule has 1 aromatic rings. The van der Waals surface area contributed by atoms with Gasteiger partial charge in [-0.15, -0.1) is 0 Å². The molecule has 1 saturated heterocycles. The first kappa shape index (κ1) is 14.8. The largest absolute Gasteiger partial charge is 0.507 e. The van der Waals surface area contributed by atoms with E-state index in [1.54, 1.807) is 4.90 Å². The van der Waals surface area contributed by atoms with Crippen LogP contribution in [-0.4, -0.2) is 58.2 Å². The van der Waals surface area contributed by atoms with Crippen molar-refractivity contribution in [2.75, 3.05) is 26.2 Å². The molecule has 0 radical (unpaired) electrons. The molecule has 0 aliphatic carbocycles. The number of aryl methyl sites for hydroxylation is 1. The van der Waals surface area contributed by atoms with E-state index in [0.717, 1.165) is 24.2 Å². The van der Waals surface area contributed by atoms with Crippen LogP contribution < -0.4 is 0 Å². The van der Waals surface area contributed by atoms with E-state index in [9.17, 15) is 15.0 Å². The number of benzene rings is 1. The number of para-hydroxylation sites is 1. The minimum atomic E-state index is -0.928. The molecule has 0 aromatic heterocycles. The number of phenolic OH excluding ortho intramolecular Hbond substituents is 1. The van der Waals surface area contributed by atoms with Crippen LogP contribution in [0.2, 0.25) is 0 Å². The summed E-state index contributed by atoms with van der Waals surface area (Å²) in [7, 11) is 0. The highest BCUT2D eigenvalue weighted by atomic mass is 16.3. The van der Waals surface area contributed by atoms with Gasteiger partial charge in [0.2, 0.25) is 0 Å². The number of carbonyl (C=O) groups excluding carboxylic acids is 1. The van der Waals surface area contributed by atoms with E-state index in [-0.39, 0.29) is 5.91 Å². The Morgan fingerprint density at radius 1 is 1.30 bits per heavy atom. The number of aliphatic hydroxyl groups excluding tert-OH is 1. The highest BCUT2D eigenvalue weighted by Crippen LogP contribution is 2.23. The van der Waals surface area contributed by atoms with E-state index in [1.165, 1.54) is 6.92 Å². The van der Waals surface area contributed by atoms with Crippen molar-refractivity contribution in [3.63, 3.8) is 0 Å². The molecule has 1 aliphatic rings. The fourth-order valence-electron chi connectivity index (χ4n) is 2.48. The predicted molar refractivity (Wildman–Crippen MR) is 76.4 cm³/mol. The Bertz CT molecular complexity index is 480. The van der Waals surface area contributed by atoms with Gasteiger partial charge in [-0.25, -0.2) is 0 Å². The number of aliphatic hydroxyl groups is 1.